The van der Waals surface area contributed by atoms with Crippen molar-refractivity contribution in [2.24, 2.45) is 0 Å². The molecule has 0 amide bonds. The van der Waals surface area contributed by atoms with Crippen molar-refractivity contribution in [2.45, 2.75) is 78.1 Å². The fourth-order valence-electron chi connectivity index (χ4n) is 2.03. The highest BCUT2D eigenvalue weighted by atomic mass is 32.2. The van der Waals surface area contributed by atoms with Crippen LogP contribution in [-0.2, 0) is 9.53 Å². The Morgan fingerprint density at radius 2 is 1.45 bits per heavy atom. The van der Waals surface area contributed by atoms with Gasteiger partial charge >= 0.3 is 5.97 Å². The lowest BCUT2D eigenvalue weighted by Gasteiger charge is -2.01. The molecule has 0 rings (SSSR count). The molecule has 0 N–H and O–H groups in total. The first-order valence-corrected chi connectivity index (χ1v) is 9.31. The number of unbranched alkanes of at least 4 members (excludes halogenated alkanes) is 9. The van der Waals surface area contributed by atoms with Crippen LogP contribution in [0.3, 0.4) is 0 Å². The number of hydrogen-bond acceptors (Lipinski definition) is 3. The zero-order valence-corrected chi connectivity index (χ0v) is 14.2. The number of carbonyl (C=O) groups excluding carboxylic acids is 1. The third kappa shape index (κ3) is 15.6. The van der Waals surface area contributed by atoms with Gasteiger partial charge in [0.25, 0.3) is 0 Å². The fraction of sp³-hybridized carbons (Fsp3) is 0.824. The van der Waals surface area contributed by atoms with Crippen LogP contribution in [0.25, 0.3) is 0 Å². The first-order valence-electron chi connectivity index (χ1n) is 8.26. The molecule has 0 aromatic heterocycles. The van der Waals surface area contributed by atoms with E-state index in [1.165, 1.54) is 70.3 Å². The lowest BCUT2D eigenvalue weighted by atomic mass is 10.1. The van der Waals surface area contributed by atoms with Gasteiger partial charge in [0.15, 0.2) is 0 Å². The summed E-state index contributed by atoms with van der Waals surface area (Å²) in [7, 11) is 0. The molecule has 0 unspecified atom stereocenters. The Bertz CT molecular complexity index is 239. The summed E-state index contributed by atoms with van der Waals surface area (Å²) in [5, 5.41) is 1.85. The molecule has 3 heteroatoms. The first-order chi connectivity index (χ1) is 9.81. The lowest BCUT2D eigenvalue weighted by Crippen LogP contribution is -1.98. The molecule has 20 heavy (non-hydrogen) atoms. The minimum atomic E-state index is -0.233. The molecule has 0 atom stereocenters. The van der Waals surface area contributed by atoms with Crippen LogP contribution in [-0.4, -0.2) is 18.3 Å². The van der Waals surface area contributed by atoms with Crippen LogP contribution in [0.4, 0.5) is 0 Å². The average Bonchev–Trinajstić information content (AvgIpc) is 2.44. The summed E-state index contributed by atoms with van der Waals surface area (Å²) in [6.07, 6.45) is 15.2. The van der Waals surface area contributed by atoms with Crippen molar-refractivity contribution in [1.82, 2.24) is 0 Å². The predicted octanol–water partition coefficient (Wildman–Crippen LogP) is 5.72. The normalized spacial score (nSPS) is 11.1. The van der Waals surface area contributed by atoms with Crippen LogP contribution in [0, 0.1) is 0 Å². The number of hydrogen-bond donors (Lipinski definition) is 0. The Labute approximate surface area is 129 Å². The third-order valence-electron chi connectivity index (χ3n) is 3.20. The summed E-state index contributed by atoms with van der Waals surface area (Å²) in [6, 6.07) is 0. The standard InChI is InChI=1S/C17H32O2S/c1-3-5-6-7-8-9-10-11-12-13-15-20-16-14-17(18)19-4-2/h14,16H,3-13,15H2,1-2H3/b16-14+. The summed E-state index contributed by atoms with van der Waals surface area (Å²) in [4.78, 5) is 11.0. The number of carbonyl (C=O) groups is 1. The molecule has 0 saturated carbocycles. The van der Waals surface area contributed by atoms with E-state index in [0.717, 1.165) is 5.75 Å². The van der Waals surface area contributed by atoms with E-state index in [2.05, 4.69) is 6.92 Å². The van der Waals surface area contributed by atoms with Crippen molar-refractivity contribution in [2.75, 3.05) is 12.4 Å². The van der Waals surface area contributed by atoms with Gasteiger partial charge in [0.2, 0.25) is 0 Å². The highest BCUT2D eigenvalue weighted by Gasteiger charge is 1.94. The van der Waals surface area contributed by atoms with Gasteiger partial charge in [0.05, 0.1) is 6.61 Å². The van der Waals surface area contributed by atoms with E-state index in [9.17, 15) is 4.79 Å². The van der Waals surface area contributed by atoms with Crippen LogP contribution in [0.1, 0.15) is 78.1 Å². The lowest BCUT2D eigenvalue weighted by molar-refractivity contribution is -0.137. The largest absolute Gasteiger partial charge is 0.463 e. The van der Waals surface area contributed by atoms with Gasteiger partial charge < -0.3 is 4.74 Å². The van der Waals surface area contributed by atoms with Crippen molar-refractivity contribution in [3.8, 4) is 0 Å². The fourth-order valence-corrected chi connectivity index (χ4v) is 2.75. The van der Waals surface area contributed by atoms with Gasteiger partial charge in [-0.25, -0.2) is 4.79 Å². The van der Waals surface area contributed by atoms with Gasteiger partial charge in [0, 0.05) is 6.08 Å². The number of esters is 1. The van der Waals surface area contributed by atoms with Crippen molar-refractivity contribution in [3.63, 3.8) is 0 Å². The van der Waals surface area contributed by atoms with Gasteiger partial charge in [0.1, 0.15) is 0 Å². The topological polar surface area (TPSA) is 26.3 Å². The second-order valence-electron chi connectivity index (χ2n) is 5.11. The molecule has 0 aliphatic heterocycles. The molecule has 0 spiro atoms. The monoisotopic (exact) mass is 300 g/mol. The average molecular weight is 301 g/mol. The van der Waals surface area contributed by atoms with Crippen molar-refractivity contribution < 1.29 is 9.53 Å². The minimum absolute atomic E-state index is 0.233. The predicted molar refractivity (Wildman–Crippen MR) is 90.1 cm³/mol. The molecule has 0 aliphatic rings. The smallest absolute Gasteiger partial charge is 0.331 e. The summed E-state index contributed by atoms with van der Waals surface area (Å²) in [5.74, 6) is 0.870. The molecule has 0 bridgehead atoms. The van der Waals surface area contributed by atoms with Crippen LogP contribution < -0.4 is 0 Å². The van der Waals surface area contributed by atoms with E-state index >= 15 is 0 Å². The van der Waals surface area contributed by atoms with E-state index in [-0.39, 0.29) is 5.97 Å². The summed E-state index contributed by atoms with van der Waals surface area (Å²) in [5.41, 5.74) is 0. The van der Waals surface area contributed by atoms with E-state index in [1.54, 1.807) is 11.8 Å². The van der Waals surface area contributed by atoms with E-state index in [0.29, 0.717) is 6.61 Å². The second-order valence-corrected chi connectivity index (χ2v) is 6.12. The van der Waals surface area contributed by atoms with Crippen molar-refractivity contribution >= 4 is 17.7 Å². The second kappa shape index (κ2) is 16.6. The SMILES string of the molecule is CCCCCCCCCCCCS/C=C/C(=O)OCC. The molecular weight excluding hydrogens is 268 g/mol. The Morgan fingerprint density at radius 1 is 0.900 bits per heavy atom. The molecule has 0 heterocycles. The Morgan fingerprint density at radius 3 is 2.00 bits per heavy atom. The Kier molecular flexibility index (Phi) is 16.2. The Hall–Kier alpha value is -0.440. The molecule has 118 valence electrons. The van der Waals surface area contributed by atoms with Gasteiger partial charge in [-0.1, -0.05) is 64.7 Å². The van der Waals surface area contributed by atoms with Crippen molar-refractivity contribution in [1.29, 1.82) is 0 Å². The van der Waals surface area contributed by atoms with Gasteiger partial charge in [-0.3, -0.25) is 0 Å². The molecule has 2 nitrogen and oxygen atoms in total. The summed E-state index contributed by atoms with van der Waals surface area (Å²) in [6.45, 7) is 4.54. The summed E-state index contributed by atoms with van der Waals surface area (Å²) < 4.78 is 4.81. The minimum Gasteiger partial charge on any atom is -0.463 e. The maximum absolute atomic E-state index is 11.0. The third-order valence-corrected chi connectivity index (χ3v) is 4.06. The van der Waals surface area contributed by atoms with Gasteiger partial charge in [-0.05, 0) is 24.5 Å². The molecule has 0 saturated heterocycles. The zero-order valence-electron chi connectivity index (χ0n) is 13.4. The Balaban J connectivity index is 3.11. The zero-order chi connectivity index (χ0) is 14.9. The molecule has 0 aliphatic carbocycles. The highest BCUT2D eigenvalue weighted by Crippen LogP contribution is 2.12. The first kappa shape index (κ1) is 19.6. The van der Waals surface area contributed by atoms with E-state index in [4.69, 9.17) is 4.74 Å². The van der Waals surface area contributed by atoms with E-state index < -0.39 is 0 Å². The van der Waals surface area contributed by atoms with Crippen LogP contribution >= 0.6 is 11.8 Å². The molecule has 0 radical (unpaired) electrons. The van der Waals surface area contributed by atoms with Crippen molar-refractivity contribution in [3.05, 3.63) is 11.5 Å². The number of rotatable bonds is 14. The molecule has 0 aromatic rings. The molecule has 0 aromatic carbocycles. The van der Waals surface area contributed by atoms with Gasteiger partial charge in [-0.2, -0.15) is 0 Å². The molecular formula is C17H32O2S. The van der Waals surface area contributed by atoms with Gasteiger partial charge in [-0.15, -0.1) is 11.8 Å². The quantitative estimate of drug-likeness (QED) is 0.233. The molecule has 0 fully saturated rings. The highest BCUT2D eigenvalue weighted by molar-refractivity contribution is 8.02. The summed E-state index contributed by atoms with van der Waals surface area (Å²) >= 11 is 1.70. The van der Waals surface area contributed by atoms with Crippen LogP contribution in [0.5, 0.6) is 0 Å². The van der Waals surface area contributed by atoms with E-state index in [1.807, 2.05) is 12.3 Å². The number of thioether (sulfide) groups is 1. The van der Waals surface area contributed by atoms with Crippen LogP contribution in [0.15, 0.2) is 11.5 Å². The number of ether oxygens (including phenoxy) is 1. The maximum atomic E-state index is 11.0. The maximum Gasteiger partial charge on any atom is 0.331 e. The van der Waals surface area contributed by atoms with Crippen LogP contribution in [0.2, 0.25) is 0 Å².